The molecule has 0 bridgehead atoms. The molecule has 0 radical (unpaired) electrons. The van der Waals surface area contributed by atoms with Crippen LogP contribution in [0.4, 0.5) is 8.78 Å². The van der Waals surface area contributed by atoms with Gasteiger partial charge in [-0.05, 0) is 23.8 Å². The number of nitrogens with one attached hydrogen (secondary N) is 3. The number of Topliss-reactive ketones (excluding diaryl/α,β-unsaturated/α-hetero) is 2. The first-order valence-electron chi connectivity index (χ1n) is 16.7. The number of amides is 4. The highest BCUT2D eigenvalue weighted by atomic mass is 19.3. The van der Waals surface area contributed by atoms with Crippen molar-refractivity contribution in [1.29, 1.82) is 0 Å². The summed E-state index contributed by atoms with van der Waals surface area (Å²) in [6.07, 6.45) is -0.0945. The van der Waals surface area contributed by atoms with Crippen molar-refractivity contribution in [1.82, 2.24) is 30.8 Å². The quantitative estimate of drug-likeness (QED) is 0.197. The predicted molar refractivity (Wildman–Crippen MR) is 178 cm³/mol. The summed E-state index contributed by atoms with van der Waals surface area (Å²) < 4.78 is 32.8. The van der Waals surface area contributed by atoms with Crippen LogP contribution in [0.5, 0.6) is 0 Å². The van der Waals surface area contributed by atoms with E-state index in [-0.39, 0.29) is 37.6 Å². The van der Waals surface area contributed by atoms with Crippen molar-refractivity contribution in [2.45, 2.75) is 104 Å². The highest BCUT2D eigenvalue weighted by Crippen LogP contribution is 2.25. The molecule has 2 aromatic rings. The molecule has 6 unspecified atom stereocenters. The number of hydrogen-bond donors (Lipinski definition) is 3. The largest absolute Gasteiger partial charge is 0.372 e. The van der Waals surface area contributed by atoms with Gasteiger partial charge in [0.25, 0.3) is 5.91 Å². The zero-order chi connectivity index (χ0) is 37.0. The van der Waals surface area contributed by atoms with Crippen LogP contribution in [0.15, 0.2) is 48.9 Å². The number of rotatable bonds is 18. The van der Waals surface area contributed by atoms with Crippen LogP contribution in [-0.2, 0) is 35.3 Å². The Morgan fingerprint density at radius 2 is 1.66 bits per heavy atom. The molecule has 50 heavy (non-hydrogen) atoms. The summed E-state index contributed by atoms with van der Waals surface area (Å²) in [5.74, 6) is -5.45. The minimum atomic E-state index is -3.00. The Morgan fingerprint density at radius 1 is 0.960 bits per heavy atom. The molecule has 4 amide bonds. The Kier molecular flexibility index (Phi) is 15.1. The van der Waals surface area contributed by atoms with Crippen molar-refractivity contribution in [2.24, 2.45) is 11.8 Å². The molecule has 1 aromatic heterocycles. The highest BCUT2D eigenvalue weighted by Gasteiger charge is 2.45. The van der Waals surface area contributed by atoms with E-state index < -0.39 is 84.2 Å². The number of likely N-dealkylation sites (tertiary alicyclic amines) is 1. The Balaban J connectivity index is 1.89. The van der Waals surface area contributed by atoms with Gasteiger partial charge in [-0.15, -0.1) is 0 Å². The third-order valence-electron chi connectivity index (χ3n) is 8.47. The van der Waals surface area contributed by atoms with E-state index in [1.165, 1.54) is 23.5 Å². The second-order valence-electron chi connectivity index (χ2n) is 12.9. The number of halogens is 2. The molecule has 1 aromatic carbocycles. The molecule has 1 aliphatic heterocycles. The lowest BCUT2D eigenvalue weighted by molar-refractivity contribution is -0.144. The minimum Gasteiger partial charge on any atom is -0.372 e. The van der Waals surface area contributed by atoms with Crippen molar-refractivity contribution >= 4 is 35.2 Å². The zero-order valence-electron chi connectivity index (χ0n) is 28.9. The van der Waals surface area contributed by atoms with Crippen molar-refractivity contribution < 1.29 is 42.3 Å². The second-order valence-corrected chi connectivity index (χ2v) is 12.9. The molecule has 272 valence electrons. The molecular formula is C35H46F2N6O7. The second kappa shape index (κ2) is 18.9. The number of hydrogen-bond acceptors (Lipinski definition) is 9. The number of nitrogens with zero attached hydrogens (tertiary/aromatic N) is 3. The molecule has 1 aliphatic rings. The van der Waals surface area contributed by atoms with Crippen molar-refractivity contribution in [3.8, 4) is 0 Å². The third-order valence-corrected chi connectivity index (χ3v) is 8.47. The minimum absolute atomic E-state index is 0.00414. The molecule has 3 rings (SSSR count). The Labute approximate surface area is 290 Å². The van der Waals surface area contributed by atoms with E-state index in [0.29, 0.717) is 6.42 Å². The fourth-order valence-corrected chi connectivity index (χ4v) is 5.59. The molecule has 6 atom stereocenters. The van der Waals surface area contributed by atoms with Crippen LogP contribution in [0.1, 0.15) is 76.4 Å². The molecule has 0 spiro atoms. The Hall–Kier alpha value is -4.66. The Morgan fingerprint density at radius 3 is 2.24 bits per heavy atom. The normalized spacial score (nSPS) is 18.2. The molecule has 1 fully saturated rings. The maximum absolute atomic E-state index is 14.3. The van der Waals surface area contributed by atoms with Crippen LogP contribution in [0.3, 0.4) is 0 Å². The van der Waals surface area contributed by atoms with E-state index in [2.05, 4.69) is 25.9 Å². The summed E-state index contributed by atoms with van der Waals surface area (Å²) in [5, 5.41) is 7.73. The van der Waals surface area contributed by atoms with Gasteiger partial charge in [-0.1, -0.05) is 64.4 Å². The number of alkyl halides is 2. The fraction of sp³-hybridized carbons (Fsp3) is 0.543. The van der Waals surface area contributed by atoms with Gasteiger partial charge in [0.2, 0.25) is 29.9 Å². The molecule has 1 saturated heterocycles. The molecule has 0 aliphatic carbocycles. The van der Waals surface area contributed by atoms with Gasteiger partial charge in [-0.3, -0.25) is 33.8 Å². The van der Waals surface area contributed by atoms with Gasteiger partial charge < -0.3 is 25.6 Å². The lowest BCUT2D eigenvalue weighted by Gasteiger charge is -2.33. The standard InChI is InChI=1S/C35H46F2N6O7/c1-6-21(4)30(42-32(46)26(14-20(2)3)41-33(47)27-17-38-12-13-39-27)35(49)43-18-24(50-19-23-10-8-7-9-11-23)15-28(43)34(48)40-25(16-29(36)37)31(45)22(5)44/h7-13,17,20-21,24-26,28-30H,6,14-16,18-19H2,1-5H3,(H,40,48)(H,41,47)(H,42,46). The van der Waals surface area contributed by atoms with Crippen molar-refractivity contribution in [2.75, 3.05) is 6.54 Å². The van der Waals surface area contributed by atoms with Crippen LogP contribution in [0.2, 0.25) is 0 Å². The Bertz CT molecular complexity index is 1480. The van der Waals surface area contributed by atoms with Crippen LogP contribution in [-0.4, -0.2) is 93.3 Å². The smallest absolute Gasteiger partial charge is 0.272 e. The maximum atomic E-state index is 14.3. The topological polar surface area (TPSA) is 177 Å². The van der Waals surface area contributed by atoms with Crippen molar-refractivity contribution in [3.63, 3.8) is 0 Å². The molecule has 3 N–H and O–H groups in total. The van der Waals surface area contributed by atoms with Gasteiger partial charge in [0, 0.05) is 38.7 Å². The number of aromatic nitrogens is 2. The lowest BCUT2D eigenvalue weighted by atomic mass is 9.96. The third kappa shape index (κ3) is 11.5. The lowest BCUT2D eigenvalue weighted by Crippen LogP contribution is -2.59. The van der Waals surface area contributed by atoms with E-state index in [1.807, 2.05) is 51.1 Å². The van der Waals surface area contributed by atoms with Crippen LogP contribution >= 0.6 is 0 Å². The first-order chi connectivity index (χ1) is 23.7. The maximum Gasteiger partial charge on any atom is 0.272 e. The zero-order valence-corrected chi connectivity index (χ0v) is 28.9. The summed E-state index contributed by atoms with van der Waals surface area (Å²) in [7, 11) is 0. The van der Waals surface area contributed by atoms with Crippen molar-refractivity contribution in [3.05, 3.63) is 60.2 Å². The first kappa shape index (κ1) is 39.8. The fourth-order valence-electron chi connectivity index (χ4n) is 5.59. The SMILES string of the molecule is CCC(C)C(NC(=O)C(CC(C)C)NC(=O)c1cnccn1)C(=O)N1CC(OCc2ccccc2)CC1C(=O)NC(CC(F)F)C(=O)C(C)=O. The van der Waals surface area contributed by atoms with Crippen LogP contribution in [0.25, 0.3) is 0 Å². The van der Waals surface area contributed by atoms with Gasteiger partial charge in [-0.2, -0.15) is 0 Å². The monoisotopic (exact) mass is 700 g/mol. The molecule has 0 saturated carbocycles. The predicted octanol–water partition coefficient (Wildman–Crippen LogP) is 2.64. The number of ketones is 2. The molecule has 13 nitrogen and oxygen atoms in total. The first-order valence-corrected chi connectivity index (χ1v) is 16.7. The van der Waals surface area contributed by atoms with Gasteiger partial charge in [0.05, 0.1) is 18.9 Å². The number of benzene rings is 1. The van der Waals surface area contributed by atoms with Gasteiger partial charge >= 0.3 is 0 Å². The summed E-state index contributed by atoms with van der Waals surface area (Å²) in [6, 6.07) is 3.92. The number of ether oxygens (including phenoxy) is 1. The van der Waals surface area contributed by atoms with E-state index in [9.17, 15) is 37.5 Å². The van der Waals surface area contributed by atoms with Gasteiger partial charge in [0.15, 0.2) is 5.78 Å². The van der Waals surface area contributed by atoms with Crippen LogP contribution < -0.4 is 16.0 Å². The van der Waals surface area contributed by atoms with E-state index in [4.69, 9.17) is 4.74 Å². The van der Waals surface area contributed by atoms with Crippen LogP contribution in [0, 0.1) is 11.8 Å². The van der Waals surface area contributed by atoms with E-state index in [1.54, 1.807) is 6.92 Å². The van der Waals surface area contributed by atoms with Gasteiger partial charge in [-0.25, -0.2) is 13.8 Å². The molecule has 15 heteroatoms. The van der Waals surface area contributed by atoms with E-state index >= 15 is 0 Å². The summed E-state index contributed by atoms with van der Waals surface area (Å²) >= 11 is 0. The summed E-state index contributed by atoms with van der Waals surface area (Å²) in [4.78, 5) is 87.9. The summed E-state index contributed by atoms with van der Waals surface area (Å²) in [6.45, 7) is 8.31. The van der Waals surface area contributed by atoms with E-state index in [0.717, 1.165) is 12.5 Å². The summed E-state index contributed by atoms with van der Waals surface area (Å²) in [5.41, 5.74) is 0.844. The number of carbonyl (C=O) groups excluding carboxylic acids is 6. The molecular weight excluding hydrogens is 654 g/mol. The number of carbonyl (C=O) groups is 6. The average molecular weight is 701 g/mol. The average Bonchev–Trinajstić information content (AvgIpc) is 3.53. The van der Waals surface area contributed by atoms with Gasteiger partial charge in [0.1, 0.15) is 29.9 Å². The highest BCUT2D eigenvalue weighted by molar-refractivity contribution is 6.38. The molecule has 2 heterocycles.